The van der Waals surface area contributed by atoms with Gasteiger partial charge in [0.1, 0.15) is 5.76 Å². The van der Waals surface area contributed by atoms with Gasteiger partial charge in [-0.2, -0.15) is 0 Å². The van der Waals surface area contributed by atoms with Crippen molar-refractivity contribution in [2.75, 3.05) is 19.6 Å². The lowest BCUT2D eigenvalue weighted by molar-refractivity contribution is 0.00715. The molecule has 2 aliphatic heterocycles. The molecule has 2 aliphatic rings. The molecule has 18 heavy (non-hydrogen) atoms. The Bertz CT molecular complexity index is 403. The van der Waals surface area contributed by atoms with E-state index >= 15 is 0 Å². The molecule has 0 radical (unpaired) electrons. The normalized spacial score (nSPS) is 30.3. The maximum Gasteiger partial charge on any atom is 0.208 e. The van der Waals surface area contributed by atoms with E-state index in [1.807, 2.05) is 13.1 Å². The Morgan fingerprint density at radius 3 is 3.06 bits per heavy atom. The average molecular weight is 249 g/mol. The maximum absolute atomic E-state index is 5.60. The summed E-state index contributed by atoms with van der Waals surface area (Å²) in [7, 11) is 0. The third-order valence-corrected chi connectivity index (χ3v) is 4.32. The van der Waals surface area contributed by atoms with E-state index in [1.165, 1.54) is 38.9 Å². The Morgan fingerprint density at radius 2 is 2.28 bits per heavy atom. The molecule has 2 saturated heterocycles. The average Bonchev–Trinajstić information content (AvgIpc) is 2.76. The summed E-state index contributed by atoms with van der Waals surface area (Å²) in [6, 6.07) is 1.36. The first kappa shape index (κ1) is 12.2. The molecule has 0 saturated carbocycles. The van der Waals surface area contributed by atoms with Crippen molar-refractivity contribution in [3.05, 3.63) is 17.8 Å². The Kier molecular flexibility index (Phi) is 3.39. The third kappa shape index (κ3) is 2.45. The first-order valence-electron chi connectivity index (χ1n) is 7.12. The monoisotopic (exact) mass is 249 g/mol. The van der Waals surface area contributed by atoms with Crippen molar-refractivity contribution in [1.82, 2.24) is 14.8 Å². The lowest BCUT2D eigenvalue weighted by Crippen LogP contribution is -2.58. The number of aromatic nitrogens is 1. The second kappa shape index (κ2) is 5.02. The predicted molar refractivity (Wildman–Crippen MR) is 70.3 cm³/mol. The second-order valence-corrected chi connectivity index (χ2v) is 5.79. The smallest absolute Gasteiger partial charge is 0.208 e. The zero-order valence-electron chi connectivity index (χ0n) is 11.4. The Labute approximate surface area is 109 Å². The van der Waals surface area contributed by atoms with E-state index in [1.54, 1.807) is 0 Å². The van der Waals surface area contributed by atoms with Gasteiger partial charge in [-0.15, -0.1) is 0 Å². The molecule has 0 aliphatic carbocycles. The van der Waals surface area contributed by atoms with Crippen LogP contribution in [0, 0.1) is 6.92 Å². The van der Waals surface area contributed by atoms with Gasteiger partial charge in [0.2, 0.25) is 5.89 Å². The van der Waals surface area contributed by atoms with E-state index in [-0.39, 0.29) is 0 Å². The predicted octanol–water partition coefficient (Wildman–Crippen LogP) is 2.04. The van der Waals surface area contributed by atoms with Gasteiger partial charge in [0.15, 0.2) is 0 Å². The van der Waals surface area contributed by atoms with Crippen molar-refractivity contribution in [3.63, 3.8) is 0 Å². The summed E-state index contributed by atoms with van der Waals surface area (Å²) >= 11 is 0. The minimum Gasteiger partial charge on any atom is -0.445 e. The van der Waals surface area contributed by atoms with E-state index in [0.717, 1.165) is 24.2 Å². The summed E-state index contributed by atoms with van der Waals surface area (Å²) in [6.07, 6.45) is 5.94. The van der Waals surface area contributed by atoms with Crippen LogP contribution in [-0.2, 0) is 6.54 Å². The van der Waals surface area contributed by atoms with E-state index < -0.39 is 0 Å². The van der Waals surface area contributed by atoms with Gasteiger partial charge in [-0.05, 0) is 33.2 Å². The molecule has 2 fully saturated rings. The molecule has 2 unspecified atom stereocenters. The molecule has 2 atom stereocenters. The van der Waals surface area contributed by atoms with Crippen LogP contribution in [0.1, 0.15) is 37.8 Å². The number of hydrogen-bond donors (Lipinski definition) is 0. The van der Waals surface area contributed by atoms with Gasteiger partial charge in [-0.25, -0.2) is 4.98 Å². The number of oxazole rings is 1. The highest BCUT2D eigenvalue weighted by Crippen LogP contribution is 2.25. The number of hydrogen-bond acceptors (Lipinski definition) is 4. The molecule has 0 spiro atoms. The van der Waals surface area contributed by atoms with Crippen LogP contribution in [0.2, 0.25) is 0 Å². The van der Waals surface area contributed by atoms with Crippen molar-refractivity contribution in [2.24, 2.45) is 0 Å². The van der Waals surface area contributed by atoms with Crippen LogP contribution >= 0.6 is 0 Å². The van der Waals surface area contributed by atoms with E-state index in [2.05, 4.69) is 21.7 Å². The minimum absolute atomic E-state index is 0.603. The summed E-state index contributed by atoms with van der Waals surface area (Å²) in [5.41, 5.74) is 0. The van der Waals surface area contributed by atoms with Crippen LogP contribution in [-0.4, -0.2) is 46.5 Å². The largest absolute Gasteiger partial charge is 0.445 e. The summed E-state index contributed by atoms with van der Waals surface area (Å²) in [5.74, 6) is 1.78. The highest BCUT2D eigenvalue weighted by Gasteiger charge is 2.33. The molecule has 3 heterocycles. The van der Waals surface area contributed by atoms with Crippen molar-refractivity contribution in [1.29, 1.82) is 0 Å². The van der Waals surface area contributed by atoms with Crippen molar-refractivity contribution in [3.8, 4) is 0 Å². The summed E-state index contributed by atoms with van der Waals surface area (Å²) in [5, 5.41) is 0. The molecule has 4 heteroatoms. The number of piperazine rings is 1. The topological polar surface area (TPSA) is 32.5 Å². The van der Waals surface area contributed by atoms with Crippen LogP contribution in [0.5, 0.6) is 0 Å². The van der Waals surface area contributed by atoms with Crippen molar-refractivity contribution >= 4 is 0 Å². The molecule has 0 aromatic carbocycles. The second-order valence-electron chi connectivity index (χ2n) is 5.79. The van der Waals surface area contributed by atoms with Crippen molar-refractivity contribution in [2.45, 2.75) is 51.7 Å². The SMILES string of the molecule is Cc1cnc(CN2CC3CCCCN3CC2C)o1. The number of rotatable bonds is 2. The summed E-state index contributed by atoms with van der Waals surface area (Å²) in [6.45, 7) is 8.80. The Hall–Kier alpha value is -0.870. The lowest BCUT2D eigenvalue weighted by atomic mass is 9.97. The number of fused-ring (bicyclic) bond motifs is 1. The van der Waals surface area contributed by atoms with Gasteiger partial charge >= 0.3 is 0 Å². The molecule has 1 aromatic rings. The Balaban J connectivity index is 1.65. The van der Waals surface area contributed by atoms with Gasteiger partial charge in [0, 0.05) is 25.2 Å². The van der Waals surface area contributed by atoms with Gasteiger partial charge < -0.3 is 4.42 Å². The first-order chi connectivity index (χ1) is 8.72. The minimum atomic E-state index is 0.603. The number of aryl methyl sites for hydroxylation is 1. The fourth-order valence-corrected chi connectivity index (χ4v) is 3.28. The van der Waals surface area contributed by atoms with Crippen LogP contribution in [0.3, 0.4) is 0 Å². The molecule has 100 valence electrons. The van der Waals surface area contributed by atoms with Gasteiger partial charge in [0.25, 0.3) is 0 Å². The molecular formula is C14H23N3O. The molecule has 0 bridgehead atoms. The number of nitrogens with zero attached hydrogens (tertiary/aromatic N) is 3. The fourth-order valence-electron chi connectivity index (χ4n) is 3.28. The molecular weight excluding hydrogens is 226 g/mol. The quantitative estimate of drug-likeness (QED) is 0.803. The first-order valence-corrected chi connectivity index (χ1v) is 7.12. The zero-order chi connectivity index (χ0) is 12.5. The lowest BCUT2D eigenvalue weighted by Gasteiger charge is -2.47. The maximum atomic E-state index is 5.60. The van der Waals surface area contributed by atoms with Gasteiger partial charge in [-0.1, -0.05) is 6.42 Å². The van der Waals surface area contributed by atoms with E-state index in [4.69, 9.17) is 4.42 Å². The van der Waals surface area contributed by atoms with Gasteiger partial charge in [-0.3, -0.25) is 9.80 Å². The molecule has 0 N–H and O–H groups in total. The van der Waals surface area contributed by atoms with E-state index in [9.17, 15) is 0 Å². The number of piperidine rings is 1. The van der Waals surface area contributed by atoms with Crippen LogP contribution < -0.4 is 0 Å². The highest BCUT2D eigenvalue weighted by atomic mass is 16.4. The van der Waals surface area contributed by atoms with Gasteiger partial charge in [0.05, 0.1) is 12.7 Å². The van der Waals surface area contributed by atoms with E-state index in [0.29, 0.717) is 6.04 Å². The van der Waals surface area contributed by atoms with Crippen molar-refractivity contribution < 1.29 is 4.42 Å². The fraction of sp³-hybridized carbons (Fsp3) is 0.786. The van der Waals surface area contributed by atoms with Crippen LogP contribution in [0.25, 0.3) is 0 Å². The van der Waals surface area contributed by atoms with Crippen LogP contribution in [0.15, 0.2) is 10.6 Å². The molecule has 3 rings (SSSR count). The molecule has 1 aromatic heterocycles. The third-order valence-electron chi connectivity index (χ3n) is 4.32. The summed E-state index contributed by atoms with van der Waals surface area (Å²) in [4.78, 5) is 9.52. The van der Waals surface area contributed by atoms with Crippen LogP contribution in [0.4, 0.5) is 0 Å². The highest BCUT2D eigenvalue weighted by molar-refractivity contribution is 4.94. The summed E-state index contributed by atoms with van der Waals surface area (Å²) < 4.78 is 5.60. The Morgan fingerprint density at radius 1 is 1.39 bits per heavy atom. The zero-order valence-corrected chi connectivity index (χ0v) is 11.4. The molecule has 4 nitrogen and oxygen atoms in total. The standard InChI is InChI=1S/C14H23N3O/c1-11-8-16-6-4-3-5-13(16)9-17(11)10-14-15-7-12(2)18-14/h7,11,13H,3-6,8-10H2,1-2H3. The molecule has 0 amide bonds.